The summed E-state index contributed by atoms with van der Waals surface area (Å²) in [5.41, 5.74) is 2.77. The van der Waals surface area contributed by atoms with Crippen LogP contribution in [-0.4, -0.2) is 9.78 Å². The molecule has 0 unspecified atom stereocenters. The van der Waals surface area contributed by atoms with E-state index in [-0.39, 0.29) is 11.0 Å². The lowest BCUT2D eigenvalue weighted by Gasteiger charge is -2.19. The summed E-state index contributed by atoms with van der Waals surface area (Å²) < 4.78 is 3.36. The molecule has 0 aromatic carbocycles. The third-order valence-electron chi connectivity index (χ3n) is 2.73. The molecule has 0 amide bonds. The number of fused-ring (bicyclic) bond motifs is 1. The van der Waals surface area contributed by atoms with Gasteiger partial charge in [-0.2, -0.15) is 5.10 Å². The Morgan fingerprint density at radius 2 is 1.75 bits per heavy atom. The lowest BCUT2D eigenvalue weighted by molar-refractivity contribution is 0.358. The SMILES string of the molecule is CC(C)(C)c1csc2cn(C(C)(C)C)nc12. The Morgan fingerprint density at radius 3 is 2.25 bits per heavy atom. The highest BCUT2D eigenvalue weighted by atomic mass is 32.1. The molecule has 88 valence electrons. The molecule has 0 saturated heterocycles. The summed E-state index contributed by atoms with van der Waals surface area (Å²) >= 11 is 1.79. The second-order valence-corrected chi connectivity index (χ2v) is 7.27. The number of aromatic nitrogens is 2. The van der Waals surface area contributed by atoms with Crippen LogP contribution >= 0.6 is 11.3 Å². The van der Waals surface area contributed by atoms with E-state index in [0.29, 0.717) is 0 Å². The van der Waals surface area contributed by atoms with Gasteiger partial charge < -0.3 is 0 Å². The van der Waals surface area contributed by atoms with E-state index in [4.69, 9.17) is 5.10 Å². The minimum absolute atomic E-state index is 0.0634. The summed E-state index contributed by atoms with van der Waals surface area (Å²) in [6.45, 7) is 13.3. The van der Waals surface area contributed by atoms with Crippen LogP contribution in [0, 0.1) is 0 Å². The lowest BCUT2D eigenvalue weighted by atomic mass is 9.89. The van der Waals surface area contributed by atoms with E-state index in [2.05, 4.69) is 57.8 Å². The Hall–Kier alpha value is -0.830. The molecular formula is C13H20N2S. The van der Waals surface area contributed by atoms with E-state index in [9.17, 15) is 0 Å². The fourth-order valence-electron chi connectivity index (χ4n) is 1.68. The van der Waals surface area contributed by atoms with Crippen molar-refractivity contribution in [2.75, 3.05) is 0 Å². The molecule has 0 aliphatic carbocycles. The van der Waals surface area contributed by atoms with E-state index >= 15 is 0 Å². The van der Waals surface area contributed by atoms with Crippen LogP contribution in [0.3, 0.4) is 0 Å². The van der Waals surface area contributed by atoms with E-state index < -0.39 is 0 Å². The first-order valence-electron chi connectivity index (χ1n) is 5.67. The average molecular weight is 236 g/mol. The zero-order valence-corrected chi connectivity index (χ0v) is 11.8. The van der Waals surface area contributed by atoms with E-state index in [1.807, 2.05) is 0 Å². The lowest BCUT2D eigenvalue weighted by Crippen LogP contribution is -2.22. The van der Waals surface area contributed by atoms with Gasteiger partial charge in [0.25, 0.3) is 0 Å². The minimum atomic E-state index is 0.0634. The van der Waals surface area contributed by atoms with Crippen molar-refractivity contribution in [3.63, 3.8) is 0 Å². The Balaban J connectivity index is 2.61. The molecule has 2 nitrogen and oxygen atoms in total. The van der Waals surface area contributed by atoms with Gasteiger partial charge in [0.1, 0.15) is 5.52 Å². The molecule has 0 saturated carbocycles. The zero-order chi connectivity index (χ0) is 12.1. The van der Waals surface area contributed by atoms with Gasteiger partial charge in [-0.25, -0.2) is 0 Å². The molecule has 16 heavy (non-hydrogen) atoms. The van der Waals surface area contributed by atoms with Crippen LogP contribution < -0.4 is 0 Å². The molecular weight excluding hydrogens is 216 g/mol. The maximum atomic E-state index is 4.74. The van der Waals surface area contributed by atoms with Crippen molar-refractivity contribution in [1.82, 2.24) is 9.78 Å². The molecule has 0 fully saturated rings. The summed E-state index contributed by atoms with van der Waals surface area (Å²) in [6.07, 6.45) is 2.16. The molecule has 0 radical (unpaired) electrons. The Morgan fingerprint density at radius 1 is 1.12 bits per heavy atom. The highest BCUT2D eigenvalue weighted by molar-refractivity contribution is 7.17. The van der Waals surface area contributed by atoms with Crippen LogP contribution in [0.15, 0.2) is 11.6 Å². The molecule has 0 bridgehead atoms. The maximum Gasteiger partial charge on any atom is 0.107 e. The Kier molecular flexibility index (Phi) is 2.42. The number of nitrogens with zero attached hydrogens (tertiary/aromatic N) is 2. The molecule has 0 spiro atoms. The van der Waals surface area contributed by atoms with E-state index in [0.717, 1.165) is 0 Å². The summed E-state index contributed by atoms with van der Waals surface area (Å²) in [4.78, 5) is 0. The predicted octanol–water partition coefficient (Wildman–Crippen LogP) is 4.15. The highest BCUT2D eigenvalue weighted by Gasteiger charge is 2.22. The van der Waals surface area contributed by atoms with Crippen molar-refractivity contribution in [3.8, 4) is 0 Å². The summed E-state index contributed by atoms with van der Waals surface area (Å²) in [5.74, 6) is 0. The van der Waals surface area contributed by atoms with Gasteiger partial charge in [0.2, 0.25) is 0 Å². The van der Waals surface area contributed by atoms with Crippen molar-refractivity contribution < 1.29 is 0 Å². The Bertz CT molecular complexity index is 506. The predicted molar refractivity (Wildman–Crippen MR) is 71.3 cm³/mol. The third kappa shape index (κ3) is 1.88. The van der Waals surface area contributed by atoms with Crippen LogP contribution in [0.1, 0.15) is 47.1 Å². The summed E-state index contributed by atoms with van der Waals surface area (Å²) in [7, 11) is 0. The molecule has 2 aromatic rings. The van der Waals surface area contributed by atoms with Crippen LogP contribution in [0.2, 0.25) is 0 Å². The smallest absolute Gasteiger partial charge is 0.107 e. The minimum Gasteiger partial charge on any atom is -0.265 e. The third-order valence-corrected chi connectivity index (χ3v) is 3.64. The van der Waals surface area contributed by atoms with Gasteiger partial charge in [0.05, 0.1) is 10.2 Å². The van der Waals surface area contributed by atoms with Crippen LogP contribution in [0.5, 0.6) is 0 Å². The standard InChI is InChI=1S/C13H20N2S/c1-12(2,3)9-8-16-10-7-15(13(4,5)6)14-11(9)10/h7-8H,1-6H3. The molecule has 0 N–H and O–H groups in total. The fraction of sp³-hybridized carbons (Fsp3) is 0.615. The van der Waals surface area contributed by atoms with Gasteiger partial charge in [-0.05, 0) is 37.1 Å². The first kappa shape index (κ1) is 11.6. The number of hydrogen-bond acceptors (Lipinski definition) is 2. The zero-order valence-electron chi connectivity index (χ0n) is 11.0. The van der Waals surface area contributed by atoms with Gasteiger partial charge in [-0.15, -0.1) is 11.3 Å². The summed E-state index contributed by atoms with van der Waals surface area (Å²) in [6, 6.07) is 0. The second kappa shape index (κ2) is 3.33. The van der Waals surface area contributed by atoms with Crippen molar-refractivity contribution in [3.05, 3.63) is 17.1 Å². The van der Waals surface area contributed by atoms with Crippen molar-refractivity contribution in [2.45, 2.75) is 52.5 Å². The maximum absolute atomic E-state index is 4.74. The molecule has 2 rings (SSSR count). The number of thiophene rings is 1. The van der Waals surface area contributed by atoms with Crippen molar-refractivity contribution in [2.24, 2.45) is 0 Å². The number of rotatable bonds is 0. The molecule has 2 aromatic heterocycles. The molecule has 0 aliphatic heterocycles. The van der Waals surface area contributed by atoms with E-state index in [1.165, 1.54) is 15.8 Å². The van der Waals surface area contributed by atoms with Crippen molar-refractivity contribution >= 4 is 21.6 Å². The van der Waals surface area contributed by atoms with Gasteiger partial charge in [-0.1, -0.05) is 20.8 Å². The quantitative estimate of drug-likeness (QED) is 0.672. The summed E-state index contributed by atoms with van der Waals surface area (Å²) in [5, 5.41) is 6.98. The normalized spacial score (nSPS) is 13.6. The first-order valence-corrected chi connectivity index (χ1v) is 6.55. The largest absolute Gasteiger partial charge is 0.265 e. The van der Waals surface area contributed by atoms with Crippen LogP contribution in [-0.2, 0) is 11.0 Å². The fourth-order valence-corrected chi connectivity index (χ4v) is 2.82. The molecule has 2 heterocycles. The van der Waals surface area contributed by atoms with Gasteiger partial charge in [-0.3, -0.25) is 4.68 Å². The first-order chi connectivity index (χ1) is 7.19. The molecule has 0 aliphatic rings. The van der Waals surface area contributed by atoms with Gasteiger partial charge in [0, 0.05) is 6.20 Å². The van der Waals surface area contributed by atoms with Gasteiger partial charge in [0.15, 0.2) is 0 Å². The molecule has 0 atom stereocenters. The molecule has 3 heteroatoms. The monoisotopic (exact) mass is 236 g/mol. The van der Waals surface area contributed by atoms with Crippen LogP contribution in [0.25, 0.3) is 10.2 Å². The van der Waals surface area contributed by atoms with E-state index in [1.54, 1.807) is 11.3 Å². The number of hydrogen-bond donors (Lipinski definition) is 0. The van der Waals surface area contributed by atoms with Crippen molar-refractivity contribution in [1.29, 1.82) is 0 Å². The van der Waals surface area contributed by atoms with Crippen LogP contribution in [0.4, 0.5) is 0 Å². The Labute approximate surface area is 101 Å². The highest BCUT2D eigenvalue weighted by Crippen LogP contribution is 2.34. The topological polar surface area (TPSA) is 17.8 Å². The second-order valence-electron chi connectivity index (χ2n) is 6.36. The average Bonchev–Trinajstić information content (AvgIpc) is 2.53. The van der Waals surface area contributed by atoms with Gasteiger partial charge >= 0.3 is 0 Å².